The van der Waals surface area contributed by atoms with Crippen LogP contribution >= 0.6 is 0 Å². The minimum Gasteiger partial charge on any atom is -0.0776 e. The molecule has 0 aromatic rings. The molecule has 0 aliphatic heterocycles. The van der Waals surface area contributed by atoms with Crippen molar-refractivity contribution in [3.05, 3.63) is 0 Å². The van der Waals surface area contributed by atoms with Crippen molar-refractivity contribution >= 4 is 0 Å². The summed E-state index contributed by atoms with van der Waals surface area (Å²) in [5.74, 6) is 0.884. The summed E-state index contributed by atoms with van der Waals surface area (Å²) in [4.78, 5) is 0. The molecule has 0 aromatic heterocycles. The van der Waals surface area contributed by atoms with Crippen molar-refractivity contribution < 1.29 is 0 Å². The quantitative estimate of drug-likeness (QED) is 0.519. The molecule has 0 aliphatic carbocycles. The second kappa shape index (κ2) is 8.10. The van der Waals surface area contributed by atoms with E-state index in [-0.39, 0.29) is 7.43 Å². The van der Waals surface area contributed by atoms with Crippen LogP contribution in [0, 0.1) is 11.3 Å². The van der Waals surface area contributed by atoms with E-state index < -0.39 is 0 Å². The Kier molecular flexibility index (Phi) is 12.7. The van der Waals surface area contributed by atoms with E-state index in [1.165, 1.54) is 6.42 Å². The lowest BCUT2D eigenvalue weighted by Gasteiger charge is -2.05. The molecule has 11 heavy (non-hydrogen) atoms. The van der Waals surface area contributed by atoms with Gasteiger partial charge in [0.2, 0.25) is 0 Å². The van der Waals surface area contributed by atoms with Gasteiger partial charge in [0.15, 0.2) is 0 Å². The molecule has 0 heteroatoms. The molecule has 0 bridgehead atoms. The van der Waals surface area contributed by atoms with Gasteiger partial charge >= 0.3 is 0 Å². The van der Waals surface area contributed by atoms with Crippen molar-refractivity contribution in [2.24, 2.45) is 11.3 Å². The van der Waals surface area contributed by atoms with Gasteiger partial charge in [-0.05, 0) is 11.3 Å². The summed E-state index contributed by atoms with van der Waals surface area (Å²) < 4.78 is 0. The predicted octanol–water partition coefficient (Wildman–Crippen LogP) is 4.74. The van der Waals surface area contributed by atoms with Crippen LogP contribution in [-0.4, -0.2) is 0 Å². The number of rotatable bonds is 1. The molecular weight excluding hydrogens is 132 g/mol. The molecule has 0 aromatic carbocycles. The third-order valence-electron chi connectivity index (χ3n) is 0.816. The largest absolute Gasteiger partial charge is 0.0776 e. The van der Waals surface area contributed by atoms with Gasteiger partial charge in [-0.25, -0.2) is 0 Å². The fraction of sp³-hybridized carbons (Fsp3) is 1.00. The van der Waals surface area contributed by atoms with Crippen LogP contribution in [0.3, 0.4) is 0 Å². The van der Waals surface area contributed by atoms with E-state index in [0.29, 0.717) is 5.41 Å². The minimum absolute atomic E-state index is 0. The normalized spacial score (nSPS) is 9.82. The third-order valence-corrected chi connectivity index (χ3v) is 0.816. The monoisotopic (exact) mass is 160 g/mol. The third kappa shape index (κ3) is 160. The molecule has 0 N–H and O–H groups in total. The van der Waals surface area contributed by atoms with Crippen molar-refractivity contribution in [1.82, 2.24) is 0 Å². The second-order valence-corrected chi connectivity index (χ2v) is 4.80. The van der Waals surface area contributed by atoms with Crippen LogP contribution < -0.4 is 0 Å². The summed E-state index contributed by atoms with van der Waals surface area (Å²) in [5, 5.41) is 0. The molecule has 0 radical (unpaired) electrons. The molecule has 0 spiro atoms. The first-order valence-corrected chi connectivity index (χ1v) is 4.27. The molecular formula is C11H28. The van der Waals surface area contributed by atoms with Crippen LogP contribution in [0.15, 0.2) is 0 Å². The van der Waals surface area contributed by atoms with E-state index in [2.05, 4.69) is 48.5 Å². The molecule has 0 nitrogen and oxygen atoms in total. The zero-order valence-electron chi connectivity index (χ0n) is 8.78. The maximum absolute atomic E-state index is 2.22. The Bertz CT molecular complexity index is 48.9. The molecule has 0 aliphatic rings. The lowest BCUT2D eigenvalue weighted by Crippen LogP contribution is -1.93. The minimum atomic E-state index is 0. The topological polar surface area (TPSA) is 0 Å². The highest BCUT2D eigenvalue weighted by atomic mass is 14.0. The average molecular weight is 160 g/mol. The highest BCUT2D eigenvalue weighted by Gasteiger charge is 1.95. The molecule has 0 heterocycles. The van der Waals surface area contributed by atoms with Gasteiger partial charge in [0.05, 0.1) is 0 Å². The summed E-state index contributed by atoms with van der Waals surface area (Å²) in [5.41, 5.74) is 0.500. The van der Waals surface area contributed by atoms with E-state index in [1.807, 2.05) is 0 Å². The Labute approximate surface area is 74.4 Å². The molecule has 0 amide bonds. The van der Waals surface area contributed by atoms with Gasteiger partial charge in [-0.2, -0.15) is 0 Å². The van der Waals surface area contributed by atoms with Crippen molar-refractivity contribution in [3.8, 4) is 0 Å². The Morgan fingerprint density at radius 2 is 1.09 bits per heavy atom. The first-order chi connectivity index (χ1) is 4.27. The van der Waals surface area contributed by atoms with Crippen molar-refractivity contribution in [2.75, 3.05) is 0 Å². The molecule has 0 unspecified atom stereocenters. The van der Waals surface area contributed by atoms with Gasteiger partial charge in [0.1, 0.15) is 0 Å². The van der Waals surface area contributed by atoms with Crippen LogP contribution in [0.2, 0.25) is 0 Å². The van der Waals surface area contributed by atoms with E-state index >= 15 is 0 Å². The molecule has 0 atom stereocenters. The lowest BCUT2D eigenvalue weighted by molar-refractivity contribution is 0.469. The zero-order chi connectivity index (χ0) is 8.78. The summed E-state index contributed by atoms with van der Waals surface area (Å²) in [6.45, 7) is 15.4. The van der Waals surface area contributed by atoms with E-state index in [1.54, 1.807) is 0 Å². The van der Waals surface area contributed by atoms with Crippen molar-refractivity contribution in [2.45, 2.75) is 62.3 Å². The Balaban J connectivity index is -0.000000107. The molecule has 0 fully saturated rings. The maximum Gasteiger partial charge on any atom is -0.0411 e. The highest BCUT2D eigenvalue weighted by Crippen LogP contribution is 2.08. The summed E-state index contributed by atoms with van der Waals surface area (Å²) >= 11 is 0. The molecule has 0 rings (SSSR count). The van der Waals surface area contributed by atoms with Gasteiger partial charge in [-0.1, -0.05) is 62.3 Å². The SMILES string of the molecule is C.CC(C)(C)C.CCC(C)C. The van der Waals surface area contributed by atoms with Gasteiger partial charge < -0.3 is 0 Å². The summed E-state index contributed by atoms with van der Waals surface area (Å²) in [6.07, 6.45) is 1.31. The van der Waals surface area contributed by atoms with Crippen LogP contribution in [0.5, 0.6) is 0 Å². The Hall–Kier alpha value is 0. The van der Waals surface area contributed by atoms with Gasteiger partial charge in [-0.15, -0.1) is 0 Å². The maximum atomic E-state index is 2.22. The number of hydrogen-bond donors (Lipinski definition) is 0. The molecule has 72 valence electrons. The van der Waals surface area contributed by atoms with Crippen LogP contribution in [-0.2, 0) is 0 Å². The van der Waals surface area contributed by atoms with E-state index in [0.717, 1.165) is 5.92 Å². The van der Waals surface area contributed by atoms with E-state index in [9.17, 15) is 0 Å². The standard InChI is InChI=1S/2C5H12.CH4/c1-5(2,3)4;1-4-5(2)3;/h1-4H3;5H,4H2,1-3H3;1H4. The zero-order valence-corrected chi connectivity index (χ0v) is 8.78. The lowest BCUT2D eigenvalue weighted by atomic mass is 10.0. The smallest absolute Gasteiger partial charge is 0.0411 e. The highest BCUT2D eigenvalue weighted by molar-refractivity contribution is 4.47. The Morgan fingerprint density at radius 3 is 1.09 bits per heavy atom. The summed E-state index contributed by atoms with van der Waals surface area (Å²) in [6, 6.07) is 0. The second-order valence-electron chi connectivity index (χ2n) is 4.80. The van der Waals surface area contributed by atoms with Crippen molar-refractivity contribution in [3.63, 3.8) is 0 Å². The van der Waals surface area contributed by atoms with Gasteiger partial charge in [0.25, 0.3) is 0 Å². The van der Waals surface area contributed by atoms with Crippen LogP contribution in [0.25, 0.3) is 0 Å². The average Bonchev–Trinajstić information content (AvgIpc) is 1.61. The summed E-state index contributed by atoms with van der Waals surface area (Å²) in [7, 11) is 0. The first-order valence-electron chi connectivity index (χ1n) is 4.27. The van der Waals surface area contributed by atoms with Gasteiger partial charge in [-0.3, -0.25) is 0 Å². The Morgan fingerprint density at radius 1 is 1.00 bits per heavy atom. The number of hydrogen-bond acceptors (Lipinski definition) is 0. The molecule has 0 saturated heterocycles. The fourth-order valence-corrected chi connectivity index (χ4v) is 0. The van der Waals surface area contributed by atoms with Crippen LogP contribution in [0.1, 0.15) is 62.3 Å². The van der Waals surface area contributed by atoms with Crippen molar-refractivity contribution in [1.29, 1.82) is 0 Å². The first kappa shape index (κ1) is 17.2. The van der Waals surface area contributed by atoms with E-state index in [4.69, 9.17) is 0 Å². The van der Waals surface area contributed by atoms with Gasteiger partial charge in [0, 0.05) is 0 Å². The van der Waals surface area contributed by atoms with Crippen LogP contribution in [0.4, 0.5) is 0 Å². The predicted molar refractivity (Wildman–Crippen MR) is 57.0 cm³/mol. The fourth-order valence-electron chi connectivity index (χ4n) is 0. The molecule has 0 saturated carbocycles.